The van der Waals surface area contributed by atoms with E-state index in [1.54, 1.807) is 13.0 Å². The first kappa shape index (κ1) is 32.2. The highest BCUT2D eigenvalue weighted by molar-refractivity contribution is 5.66. The molecule has 3 aromatic carbocycles. The van der Waals surface area contributed by atoms with Crippen molar-refractivity contribution in [1.29, 1.82) is 0 Å². The Hall–Kier alpha value is -3.22. The van der Waals surface area contributed by atoms with Crippen LogP contribution in [0.25, 0.3) is 11.1 Å². The van der Waals surface area contributed by atoms with Gasteiger partial charge in [-0.3, -0.25) is 0 Å². The molecule has 0 radical (unpaired) electrons. The van der Waals surface area contributed by atoms with Crippen molar-refractivity contribution in [3.8, 4) is 16.9 Å². The lowest BCUT2D eigenvalue weighted by molar-refractivity contribution is 0.175. The van der Waals surface area contributed by atoms with Gasteiger partial charge in [0.1, 0.15) is 0 Å². The van der Waals surface area contributed by atoms with E-state index in [0.29, 0.717) is 43.1 Å². The van der Waals surface area contributed by atoms with Crippen molar-refractivity contribution in [1.82, 2.24) is 0 Å². The van der Waals surface area contributed by atoms with Gasteiger partial charge in [-0.2, -0.15) is 4.39 Å². The van der Waals surface area contributed by atoms with Gasteiger partial charge in [-0.25, -0.2) is 22.0 Å². The van der Waals surface area contributed by atoms with Crippen molar-refractivity contribution in [2.45, 2.75) is 89.9 Å². The van der Waals surface area contributed by atoms with Crippen LogP contribution < -0.4 is 4.74 Å². The van der Waals surface area contributed by atoms with Crippen molar-refractivity contribution in [2.24, 2.45) is 11.8 Å². The molecule has 0 heterocycles. The Morgan fingerprint density at radius 1 is 0.614 bits per heavy atom. The smallest absolute Gasteiger partial charge is 0.200 e. The summed E-state index contributed by atoms with van der Waals surface area (Å²) in [5.74, 6) is -5.41. The largest absolute Gasteiger partial charge is 0.491 e. The molecule has 1 nitrogen and oxygen atoms in total. The maximum absolute atomic E-state index is 15.4. The number of benzene rings is 3. The van der Waals surface area contributed by atoms with E-state index in [9.17, 15) is 17.6 Å². The fourth-order valence-corrected chi connectivity index (χ4v) is 7.42. The van der Waals surface area contributed by atoms with E-state index in [4.69, 9.17) is 4.74 Å². The molecule has 0 saturated heterocycles. The maximum Gasteiger partial charge on any atom is 0.200 e. The second kappa shape index (κ2) is 14.3. The van der Waals surface area contributed by atoms with Crippen LogP contribution in [0.15, 0.2) is 48.6 Å². The van der Waals surface area contributed by atoms with Gasteiger partial charge < -0.3 is 4.74 Å². The molecule has 0 aromatic heterocycles. The number of ether oxygens (including phenoxy) is 1. The molecular formula is C37H40F6O. The molecular weight excluding hydrogens is 574 g/mol. The van der Waals surface area contributed by atoms with Crippen molar-refractivity contribution < 1.29 is 31.1 Å². The Morgan fingerprint density at radius 3 is 1.66 bits per heavy atom. The minimum Gasteiger partial charge on any atom is -0.491 e. The fourth-order valence-electron chi connectivity index (χ4n) is 7.42. The summed E-state index contributed by atoms with van der Waals surface area (Å²) >= 11 is 0. The monoisotopic (exact) mass is 614 g/mol. The van der Waals surface area contributed by atoms with Crippen LogP contribution in [0.5, 0.6) is 5.75 Å². The molecule has 0 N–H and O–H groups in total. The summed E-state index contributed by atoms with van der Waals surface area (Å²) in [4.78, 5) is 0. The van der Waals surface area contributed by atoms with Gasteiger partial charge in [0.2, 0.25) is 5.82 Å². The lowest BCUT2D eigenvalue weighted by Crippen LogP contribution is -2.25. The van der Waals surface area contributed by atoms with Crippen LogP contribution >= 0.6 is 0 Å². The van der Waals surface area contributed by atoms with Crippen LogP contribution in [0.2, 0.25) is 0 Å². The standard InChI is InChI=1S/C37H40F6O/c1-3-5-6-7-26-16-17-29(35(41)32(26)38)30-19-18-27(33(39)36(30)42)24-12-8-22(9-13-24)23-10-14-25(15-11-23)28-20-21-31(44-4-2)37(43)34(28)40/h3,5,16-25H,4,6-15H2,1-2H3/b5-3+. The highest BCUT2D eigenvalue weighted by atomic mass is 19.2. The van der Waals surface area contributed by atoms with Gasteiger partial charge in [-0.15, -0.1) is 0 Å². The molecule has 7 heteroatoms. The number of allylic oxidation sites excluding steroid dienone is 2. The zero-order chi connectivity index (χ0) is 31.4. The number of hydrogen-bond acceptors (Lipinski definition) is 1. The van der Waals surface area contributed by atoms with Crippen LogP contribution in [-0.2, 0) is 6.42 Å². The molecule has 2 aliphatic rings. The molecule has 0 aliphatic heterocycles. The summed E-state index contributed by atoms with van der Waals surface area (Å²) in [5.41, 5.74) is 0.330. The predicted octanol–water partition coefficient (Wildman–Crippen LogP) is 11.3. The normalized spacial score (nSPS) is 22.5. The van der Waals surface area contributed by atoms with Crippen molar-refractivity contribution >= 4 is 0 Å². The number of rotatable bonds is 9. The molecule has 0 spiro atoms. The predicted molar refractivity (Wildman–Crippen MR) is 162 cm³/mol. The third kappa shape index (κ3) is 6.57. The van der Waals surface area contributed by atoms with Gasteiger partial charge in [0, 0.05) is 11.1 Å². The number of halogens is 6. The van der Waals surface area contributed by atoms with E-state index in [2.05, 4.69) is 0 Å². The first-order chi connectivity index (χ1) is 21.2. The lowest BCUT2D eigenvalue weighted by atomic mass is 9.67. The summed E-state index contributed by atoms with van der Waals surface area (Å²) in [6.07, 6.45) is 11.1. The Labute approximate surface area is 256 Å². The summed E-state index contributed by atoms with van der Waals surface area (Å²) in [6, 6.07) is 8.79. The molecule has 2 fully saturated rings. The second-order valence-electron chi connectivity index (χ2n) is 12.3. The quantitative estimate of drug-likeness (QED) is 0.172. The van der Waals surface area contributed by atoms with E-state index in [1.165, 1.54) is 30.3 Å². The van der Waals surface area contributed by atoms with E-state index in [1.807, 2.05) is 19.1 Å². The average Bonchev–Trinajstić information content (AvgIpc) is 3.04. The highest BCUT2D eigenvalue weighted by Crippen LogP contribution is 2.47. The molecule has 3 aromatic rings. The SMILES string of the molecule is C/C=C/CCc1ccc(-c2ccc(C3CCC(C4CCC(c5ccc(OCC)c(F)c5F)CC4)CC3)c(F)c2F)c(F)c1F. The maximum atomic E-state index is 15.4. The summed E-state index contributed by atoms with van der Waals surface area (Å²) in [5, 5.41) is 0. The zero-order valence-corrected chi connectivity index (χ0v) is 25.4. The first-order valence-electron chi connectivity index (χ1n) is 15.9. The van der Waals surface area contributed by atoms with Crippen LogP contribution in [0, 0.1) is 46.7 Å². The average molecular weight is 615 g/mol. The molecule has 2 saturated carbocycles. The van der Waals surface area contributed by atoms with Crippen molar-refractivity contribution in [2.75, 3.05) is 6.61 Å². The van der Waals surface area contributed by atoms with Gasteiger partial charge in [-0.05, 0) is 124 Å². The van der Waals surface area contributed by atoms with Gasteiger partial charge >= 0.3 is 0 Å². The Kier molecular flexibility index (Phi) is 10.4. The van der Waals surface area contributed by atoms with Crippen LogP contribution in [-0.4, -0.2) is 6.61 Å². The molecule has 0 amide bonds. The van der Waals surface area contributed by atoms with Gasteiger partial charge in [0.25, 0.3) is 0 Å². The second-order valence-corrected chi connectivity index (χ2v) is 12.3. The summed E-state index contributed by atoms with van der Waals surface area (Å²) < 4.78 is 94.6. The van der Waals surface area contributed by atoms with Gasteiger partial charge in [0.05, 0.1) is 6.61 Å². The molecule has 44 heavy (non-hydrogen) atoms. The third-order valence-electron chi connectivity index (χ3n) is 9.85. The van der Waals surface area contributed by atoms with Crippen molar-refractivity contribution in [3.63, 3.8) is 0 Å². The fraction of sp³-hybridized carbons (Fsp3) is 0.459. The molecule has 0 atom stereocenters. The van der Waals surface area contributed by atoms with Crippen LogP contribution in [0.3, 0.4) is 0 Å². The molecule has 2 aliphatic carbocycles. The van der Waals surface area contributed by atoms with E-state index >= 15 is 8.78 Å². The third-order valence-corrected chi connectivity index (χ3v) is 9.85. The van der Waals surface area contributed by atoms with E-state index in [-0.39, 0.29) is 46.4 Å². The molecule has 0 bridgehead atoms. The molecule has 5 rings (SSSR count). The molecule has 236 valence electrons. The van der Waals surface area contributed by atoms with E-state index in [0.717, 1.165) is 38.5 Å². The van der Waals surface area contributed by atoms with Crippen LogP contribution in [0.4, 0.5) is 26.3 Å². The molecule has 0 unspecified atom stereocenters. The minimum atomic E-state index is -1.17. The Bertz CT molecular complexity index is 1480. The highest BCUT2D eigenvalue weighted by Gasteiger charge is 2.34. The Morgan fingerprint density at radius 2 is 1.11 bits per heavy atom. The lowest BCUT2D eigenvalue weighted by Gasteiger charge is -2.38. The Balaban J connectivity index is 1.20. The van der Waals surface area contributed by atoms with E-state index < -0.39 is 34.9 Å². The van der Waals surface area contributed by atoms with Crippen LogP contribution in [0.1, 0.15) is 100 Å². The summed E-state index contributed by atoms with van der Waals surface area (Å²) in [7, 11) is 0. The topological polar surface area (TPSA) is 9.23 Å². The first-order valence-corrected chi connectivity index (χ1v) is 15.9. The van der Waals surface area contributed by atoms with Crippen molar-refractivity contribution in [3.05, 3.63) is 100 Å². The number of aryl methyl sites for hydroxylation is 1. The number of hydrogen-bond donors (Lipinski definition) is 0. The minimum absolute atomic E-state index is 0.0314. The summed E-state index contributed by atoms with van der Waals surface area (Å²) in [6.45, 7) is 3.84. The zero-order valence-electron chi connectivity index (χ0n) is 25.4. The van der Waals surface area contributed by atoms with Gasteiger partial charge in [0.15, 0.2) is 34.8 Å². The van der Waals surface area contributed by atoms with Gasteiger partial charge in [-0.1, -0.05) is 42.5 Å².